The average molecular weight is 198 g/mol. The zero-order chi connectivity index (χ0) is 10.7. The van der Waals surface area contributed by atoms with Gasteiger partial charge in [-0.2, -0.15) is 0 Å². The molecule has 0 amide bonds. The number of nitrogens with two attached hydrogens (primary N) is 1. The summed E-state index contributed by atoms with van der Waals surface area (Å²) < 4.78 is 0. The number of hydrogen-bond acceptors (Lipinski definition) is 2. The molecule has 2 aromatic rings. The summed E-state index contributed by atoms with van der Waals surface area (Å²) in [6.07, 6.45) is 1.80. The number of hydrogen-bond donors (Lipinski definition) is 1. The first-order valence-corrected chi connectivity index (χ1v) is 5.04. The zero-order valence-electron chi connectivity index (χ0n) is 8.72. The van der Waals surface area contributed by atoms with Crippen LogP contribution in [-0.2, 0) is 0 Å². The predicted molar refractivity (Wildman–Crippen MR) is 62.3 cm³/mol. The molecule has 0 unspecified atom stereocenters. The SMILES string of the molecule is C[C@H](N)c1cccc(-c2ccccn2)c1. The Morgan fingerprint density at radius 2 is 2.00 bits per heavy atom. The molecule has 0 saturated heterocycles. The second-order valence-corrected chi connectivity index (χ2v) is 3.63. The highest BCUT2D eigenvalue weighted by molar-refractivity contribution is 5.59. The summed E-state index contributed by atoms with van der Waals surface area (Å²) in [6.45, 7) is 1.98. The van der Waals surface area contributed by atoms with Crippen molar-refractivity contribution in [1.82, 2.24) is 4.98 Å². The molecule has 1 heterocycles. The van der Waals surface area contributed by atoms with Crippen LogP contribution in [0.3, 0.4) is 0 Å². The topological polar surface area (TPSA) is 38.9 Å². The van der Waals surface area contributed by atoms with Gasteiger partial charge in [0, 0.05) is 17.8 Å². The van der Waals surface area contributed by atoms with Gasteiger partial charge in [0.25, 0.3) is 0 Å². The summed E-state index contributed by atoms with van der Waals surface area (Å²) in [5.74, 6) is 0. The quantitative estimate of drug-likeness (QED) is 0.805. The van der Waals surface area contributed by atoms with Crippen LogP contribution < -0.4 is 5.73 Å². The molecular formula is C13H14N2. The number of benzene rings is 1. The van der Waals surface area contributed by atoms with E-state index >= 15 is 0 Å². The lowest BCUT2D eigenvalue weighted by molar-refractivity contribution is 0.818. The third-order valence-corrected chi connectivity index (χ3v) is 2.37. The van der Waals surface area contributed by atoms with Crippen LogP contribution in [0, 0.1) is 0 Å². The van der Waals surface area contributed by atoms with Gasteiger partial charge in [-0.3, -0.25) is 4.98 Å². The third kappa shape index (κ3) is 2.22. The maximum atomic E-state index is 5.84. The molecule has 1 atom stereocenters. The Hall–Kier alpha value is -1.67. The largest absolute Gasteiger partial charge is 0.324 e. The normalized spacial score (nSPS) is 12.4. The molecule has 0 spiro atoms. The highest BCUT2D eigenvalue weighted by Crippen LogP contribution is 2.20. The first-order valence-electron chi connectivity index (χ1n) is 5.04. The second-order valence-electron chi connectivity index (χ2n) is 3.63. The van der Waals surface area contributed by atoms with Crippen molar-refractivity contribution in [2.24, 2.45) is 5.73 Å². The molecule has 2 rings (SSSR count). The molecule has 2 heteroatoms. The van der Waals surface area contributed by atoms with Crippen LogP contribution in [0.2, 0.25) is 0 Å². The van der Waals surface area contributed by atoms with Crippen molar-refractivity contribution in [3.63, 3.8) is 0 Å². The average Bonchev–Trinajstić information content (AvgIpc) is 2.30. The van der Waals surface area contributed by atoms with Crippen LogP contribution in [0.15, 0.2) is 48.7 Å². The molecule has 2 nitrogen and oxygen atoms in total. The van der Waals surface area contributed by atoms with E-state index in [2.05, 4.69) is 11.1 Å². The van der Waals surface area contributed by atoms with Crippen LogP contribution in [0.5, 0.6) is 0 Å². The zero-order valence-corrected chi connectivity index (χ0v) is 8.72. The molecule has 0 aliphatic heterocycles. The molecule has 1 aromatic carbocycles. The Kier molecular flexibility index (Phi) is 2.79. The summed E-state index contributed by atoms with van der Waals surface area (Å²) >= 11 is 0. The molecule has 2 N–H and O–H groups in total. The minimum absolute atomic E-state index is 0.0636. The Balaban J connectivity index is 2.42. The van der Waals surface area contributed by atoms with E-state index in [1.807, 2.05) is 43.3 Å². The Bertz CT molecular complexity index is 435. The first-order chi connectivity index (χ1) is 7.27. The molecule has 1 aromatic heterocycles. The Morgan fingerprint density at radius 1 is 1.13 bits per heavy atom. The minimum atomic E-state index is 0.0636. The van der Waals surface area contributed by atoms with Gasteiger partial charge in [-0.1, -0.05) is 24.3 Å². The second kappa shape index (κ2) is 4.24. The van der Waals surface area contributed by atoms with E-state index in [1.165, 1.54) is 0 Å². The van der Waals surface area contributed by atoms with Crippen LogP contribution in [0.1, 0.15) is 18.5 Å². The van der Waals surface area contributed by atoms with E-state index in [1.54, 1.807) is 6.20 Å². The molecule has 0 radical (unpaired) electrons. The van der Waals surface area contributed by atoms with Gasteiger partial charge in [0.2, 0.25) is 0 Å². The van der Waals surface area contributed by atoms with Gasteiger partial charge in [-0.05, 0) is 30.7 Å². The Morgan fingerprint density at radius 3 is 2.67 bits per heavy atom. The van der Waals surface area contributed by atoms with Crippen molar-refractivity contribution in [1.29, 1.82) is 0 Å². The third-order valence-electron chi connectivity index (χ3n) is 2.37. The summed E-state index contributed by atoms with van der Waals surface area (Å²) in [7, 11) is 0. The number of nitrogens with zero attached hydrogens (tertiary/aromatic N) is 1. The van der Waals surface area contributed by atoms with Gasteiger partial charge in [0.15, 0.2) is 0 Å². The van der Waals surface area contributed by atoms with Crippen molar-refractivity contribution in [3.8, 4) is 11.3 Å². The van der Waals surface area contributed by atoms with Gasteiger partial charge in [-0.25, -0.2) is 0 Å². The van der Waals surface area contributed by atoms with Crippen molar-refractivity contribution in [3.05, 3.63) is 54.2 Å². The maximum Gasteiger partial charge on any atom is 0.0702 e. The lowest BCUT2D eigenvalue weighted by Crippen LogP contribution is -2.04. The van der Waals surface area contributed by atoms with Crippen molar-refractivity contribution >= 4 is 0 Å². The predicted octanol–water partition coefficient (Wildman–Crippen LogP) is 2.77. The van der Waals surface area contributed by atoms with Gasteiger partial charge >= 0.3 is 0 Å². The van der Waals surface area contributed by atoms with Crippen molar-refractivity contribution < 1.29 is 0 Å². The lowest BCUT2D eigenvalue weighted by atomic mass is 10.0. The standard InChI is InChI=1S/C13H14N2/c1-10(14)11-5-4-6-12(9-11)13-7-2-3-8-15-13/h2-10H,14H2,1H3/t10-/m0/s1. The van der Waals surface area contributed by atoms with Crippen LogP contribution in [0.4, 0.5) is 0 Å². The van der Waals surface area contributed by atoms with E-state index in [9.17, 15) is 0 Å². The van der Waals surface area contributed by atoms with Gasteiger partial charge in [0.05, 0.1) is 5.69 Å². The van der Waals surface area contributed by atoms with Gasteiger partial charge < -0.3 is 5.73 Å². The fourth-order valence-corrected chi connectivity index (χ4v) is 1.51. The highest BCUT2D eigenvalue weighted by atomic mass is 14.7. The smallest absolute Gasteiger partial charge is 0.0702 e. The molecule has 76 valence electrons. The maximum absolute atomic E-state index is 5.84. The van der Waals surface area contributed by atoms with Crippen molar-refractivity contribution in [2.45, 2.75) is 13.0 Å². The van der Waals surface area contributed by atoms with Crippen molar-refractivity contribution in [2.75, 3.05) is 0 Å². The fraction of sp³-hybridized carbons (Fsp3) is 0.154. The number of aromatic nitrogens is 1. The van der Waals surface area contributed by atoms with Crippen LogP contribution in [-0.4, -0.2) is 4.98 Å². The van der Waals surface area contributed by atoms with Crippen LogP contribution in [0.25, 0.3) is 11.3 Å². The summed E-state index contributed by atoms with van der Waals surface area (Å²) in [4.78, 5) is 4.31. The number of pyridine rings is 1. The summed E-state index contributed by atoms with van der Waals surface area (Å²) in [5.41, 5.74) is 9.08. The first kappa shape index (κ1) is 9.87. The Labute approximate surface area is 89.8 Å². The lowest BCUT2D eigenvalue weighted by Gasteiger charge is -2.07. The molecular weight excluding hydrogens is 184 g/mol. The van der Waals surface area contributed by atoms with Crippen LogP contribution >= 0.6 is 0 Å². The monoisotopic (exact) mass is 198 g/mol. The van der Waals surface area contributed by atoms with E-state index in [0.717, 1.165) is 16.8 Å². The van der Waals surface area contributed by atoms with Gasteiger partial charge in [0.1, 0.15) is 0 Å². The molecule has 0 saturated carbocycles. The van der Waals surface area contributed by atoms with E-state index < -0.39 is 0 Å². The highest BCUT2D eigenvalue weighted by Gasteiger charge is 2.02. The fourth-order valence-electron chi connectivity index (χ4n) is 1.51. The summed E-state index contributed by atoms with van der Waals surface area (Å²) in [5, 5.41) is 0. The molecule has 0 bridgehead atoms. The summed E-state index contributed by atoms with van der Waals surface area (Å²) in [6, 6.07) is 14.2. The molecule has 15 heavy (non-hydrogen) atoms. The molecule has 0 aliphatic carbocycles. The number of rotatable bonds is 2. The molecule has 0 fully saturated rings. The molecule has 0 aliphatic rings. The van der Waals surface area contributed by atoms with Gasteiger partial charge in [-0.15, -0.1) is 0 Å². The van der Waals surface area contributed by atoms with E-state index in [-0.39, 0.29) is 6.04 Å². The van der Waals surface area contributed by atoms with E-state index in [0.29, 0.717) is 0 Å². The van der Waals surface area contributed by atoms with E-state index in [4.69, 9.17) is 5.73 Å². The minimum Gasteiger partial charge on any atom is -0.324 e.